The average molecular weight is 252 g/mol. The molecule has 8 heteroatoms. The zero-order chi connectivity index (χ0) is 11.7. The molecule has 0 spiro atoms. The lowest BCUT2D eigenvalue weighted by Gasteiger charge is -2.29. The van der Waals surface area contributed by atoms with Crippen molar-refractivity contribution in [1.29, 1.82) is 0 Å². The molecule has 0 bridgehead atoms. The first-order valence-corrected chi connectivity index (χ1v) is 7.73. The predicted octanol–water partition coefficient (Wildman–Crippen LogP) is -0.492. The van der Waals surface area contributed by atoms with Crippen LogP contribution in [0.25, 0.3) is 0 Å². The summed E-state index contributed by atoms with van der Waals surface area (Å²) in [6, 6.07) is 0. The second-order valence-corrected chi connectivity index (χ2v) is 6.95. The van der Waals surface area contributed by atoms with E-state index in [4.69, 9.17) is 0 Å². The summed E-state index contributed by atoms with van der Waals surface area (Å²) >= 11 is 0. The van der Waals surface area contributed by atoms with Crippen molar-refractivity contribution >= 4 is 20.0 Å². The van der Waals surface area contributed by atoms with Crippen LogP contribution in [0.5, 0.6) is 0 Å². The molecule has 0 unspecified atom stereocenters. The number of hydrazine groups is 1. The zero-order valence-electron chi connectivity index (χ0n) is 8.36. The van der Waals surface area contributed by atoms with Crippen molar-refractivity contribution in [2.45, 2.75) is 0 Å². The molecule has 0 saturated carbocycles. The van der Waals surface area contributed by atoms with Crippen molar-refractivity contribution in [3.05, 3.63) is 24.4 Å². The van der Waals surface area contributed by atoms with Crippen LogP contribution in [0.4, 0.5) is 0 Å². The van der Waals surface area contributed by atoms with Crippen molar-refractivity contribution in [3.63, 3.8) is 0 Å². The monoisotopic (exact) mass is 252 g/mol. The summed E-state index contributed by atoms with van der Waals surface area (Å²) in [5, 5.41) is 1.12. The molecule has 86 valence electrons. The van der Waals surface area contributed by atoms with Crippen molar-refractivity contribution < 1.29 is 16.8 Å². The highest BCUT2D eigenvalue weighted by Gasteiger charge is 2.31. The van der Waals surface area contributed by atoms with Crippen LogP contribution in [-0.4, -0.2) is 44.7 Å². The number of hydrogen-bond donors (Lipinski definition) is 0. The fourth-order valence-corrected chi connectivity index (χ4v) is 4.18. The lowest BCUT2D eigenvalue weighted by Crippen LogP contribution is -2.46. The van der Waals surface area contributed by atoms with Crippen LogP contribution >= 0.6 is 0 Å². The smallest absolute Gasteiger partial charge is 0.242 e. The van der Waals surface area contributed by atoms with Crippen molar-refractivity contribution in [2.24, 2.45) is 0 Å². The van der Waals surface area contributed by atoms with Crippen LogP contribution in [-0.2, 0) is 20.0 Å². The minimum Gasteiger partial charge on any atom is -0.282 e. The lowest BCUT2D eigenvalue weighted by atomic mass is 10.4. The van der Waals surface area contributed by atoms with Crippen molar-refractivity contribution in [3.8, 4) is 0 Å². The lowest BCUT2D eigenvalue weighted by molar-refractivity contribution is 0.230. The molecule has 0 aromatic carbocycles. The van der Waals surface area contributed by atoms with E-state index in [1.165, 1.54) is 6.20 Å². The van der Waals surface area contributed by atoms with Gasteiger partial charge >= 0.3 is 0 Å². The largest absolute Gasteiger partial charge is 0.282 e. The topological polar surface area (TPSA) is 74.8 Å². The Morgan fingerprint density at radius 2 is 1.60 bits per heavy atom. The van der Waals surface area contributed by atoms with E-state index >= 15 is 0 Å². The second kappa shape index (κ2) is 3.95. The Morgan fingerprint density at radius 1 is 1.07 bits per heavy atom. The van der Waals surface area contributed by atoms with E-state index in [0.717, 1.165) is 17.5 Å². The summed E-state index contributed by atoms with van der Waals surface area (Å²) < 4.78 is 45.7. The second-order valence-electron chi connectivity index (χ2n) is 3.10. The number of hydrogen-bond acceptors (Lipinski definition) is 5. The third kappa shape index (κ3) is 3.05. The minimum atomic E-state index is -3.84. The SMILES string of the molecule is CS(=O)(=O)N(N1C=CC=CC1)S(C)(=O)=O. The minimum absolute atomic E-state index is 0.205. The highest BCUT2D eigenvalue weighted by Crippen LogP contribution is 2.13. The molecule has 0 aliphatic carbocycles. The molecular formula is C7H12N2O4S2. The fraction of sp³-hybridized carbons (Fsp3) is 0.429. The van der Waals surface area contributed by atoms with Crippen LogP contribution in [0.1, 0.15) is 0 Å². The van der Waals surface area contributed by atoms with Gasteiger partial charge in [0.05, 0.1) is 19.1 Å². The van der Waals surface area contributed by atoms with E-state index in [9.17, 15) is 16.8 Å². The molecule has 0 radical (unpaired) electrons. The first-order chi connectivity index (χ1) is 6.73. The number of rotatable bonds is 3. The Kier molecular flexibility index (Phi) is 3.22. The summed E-state index contributed by atoms with van der Waals surface area (Å²) in [5.41, 5.74) is 0. The third-order valence-electron chi connectivity index (χ3n) is 1.57. The van der Waals surface area contributed by atoms with Gasteiger partial charge in [0.1, 0.15) is 0 Å². The molecule has 1 aliphatic heterocycles. The van der Waals surface area contributed by atoms with Crippen LogP contribution in [0.3, 0.4) is 0 Å². The Labute approximate surface area is 89.6 Å². The summed E-state index contributed by atoms with van der Waals surface area (Å²) in [4.78, 5) is 0. The molecule has 15 heavy (non-hydrogen) atoms. The van der Waals surface area contributed by atoms with Gasteiger partial charge in [-0.1, -0.05) is 12.2 Å². The molecule has 0 aromatic heterocycles. The molecule has 0 aromatic rings. The van der Waals surface area contributed by atoms with Gasteiger partial charge in [0, 0.05) is 6.20 Å². The predicted molar refractivity (Wildman–Crippen MR) is 56.5 cm³/mol. The molecule has 0 atom stereocenters. The summed E-state index contributed by atoms with van der Waals surface area (Å²) in [6.07, 6.45) is 8.01. The van der Waals surface area contributed by atoms with Crippen LogP contribution in [0, 0.1) is 0 Å². The summed E-state index contributed by atoms with van der Waals surface area (Å²) in [6.45, 7) is 0.205. The van der Waals surface area contributed by atoms with Gasteiger partial charge in [0.2, 0.25) is 20.0 Å². The molecule has 0 amide bonds. The van der Waals surface area contributed by atoms with E-state index in [2.05, 4.69) is 0 Å². The maximum Gasteiger partial charge on any atom is 0.242 e. The van der Waals surface area contributed by atoms with Gasteiger partial charge in [-0.2, -0.15) is 0 Å². The third-order valence-corrected chi connectivity index (χ3v) is 4.75. The van der Waals surface area contributed by atoms with Gasteiger partial charge in [-0.15, -0.1) is 0 Å². The quantitative estimate of drug-likeness (QED) is 0.677. The van der Waals surface area contributed by atoms with Gasteiger partial charge < -0.3 is 0 Å². The number of nitrogens with zero attached hydrogens (tertiary/aromatic N) is 2. The molecular weight excluding hydrogens is 240 g/mol. The Hall–Kier alpha value is -0.860. The van der Waals surface area contributed by atoms with Gasteiger partial charge in [0.15, 0.2) is 0 Å². The van der Waals surface area contributed by atoms with Gasteiger partial charge in [0.25, 0.3) is 0 Å². The fourth-order valence-electron chi connectivity index (χ4n) is 1.21. The first-order valence-electron chi connectivity index (χ1n) is 4.03. The normalized spacial score (nSPS) is 17.4. The Bertz CT molecular complexity index is 457. The van der Waals surface area contributed by atoms with Gasteiger partial charge in [-0.25, -0.2) is 16.8 Å². The first kappa shape index (κ1) is 12.2. The van der Waals surface area contributed by atoms with E-state index in [-0.39, 0.29) is 6.54 Å². The Morgan fingerprint density at radius 3 is 1.93 bits per heavy atom. The summed E-state index contributed by atoms with van der Waals surface area (Å²) in [5.74, 6) is 0. The van der Waals surface area contributed by atoms with Gasteiger partial charge in [-0.05, 0) is 9.90 Å². The zero-order valence-corrected chi connectivity index (χ0v) is 9.99. The average Bonchev–Trinajstić information content (AvgIpc) is 2.00. The maximum absolute atomic E-state index is 11.3. The van der Waals surface area contributed by atoms with Crippen molar-refractivity contribution in [2.75, 3.05) is 19.1 Å². The van der Waals surface area contributed by atoms with Crippen molar-refractivity contribution in [1.82, 2.24) is 8.83 Å². The number of allylic oxidation sites excluding steroid dienone is 2. The molecule has 0 fully saturated rings. The van der Waals surface area contributed by atoms with Gasteiger partial charge in [-0.3, -0.25) is 5.01 Å². The van der Waals surface area contributed by atoms with Crippen LogP contribution < -0.4 is 0 Å². The molecule has 6 nitrogen and oxygen atoms in total. The van der Waals surface area contributed by atoms with Crippen LogP contribution in [0.15, 0.2) is 24.4 Å². The molecule has 1 aliphatic rings. The summed E-state index contributed by atoms with van der Waals surface area (Å²) in [7, 11) is -7.67. The maximum atomic E-state index is 11.3. The highest BCUT2D eigenvalue weighted by atomic mass is 32.3. The molecule has 0 saturated heterocycles. The van der Waals surface area contributed by atoms with E-state index < -0.39 is 20.0 Å². The number of sulfonamides is 2. The molecule has 0 N–H and O–H groups in total. The van der Waals surface area contributed by atoms with E-state index in [0.29, 0.717) is 3.82 Å². The molecule has 1 rings (SSSR count). The Balaban J connectivity index is 3.15. The molecule has 1 heterocycles. The standard InChI is InChI=1S/C7H12N2O4S2/c1-14(10,11)9(15(2,12)13)8-6-4-3-5-7-8/h3-6H,7H2,1-2H3. The van der Waals surface area contributed by atoms with E-state index in [1.807, 2.05) is 0 Å². The highest BCUT2D eigenvalue weighted by molar-refractivity contribution is 8.03. The van der Waals surface area contributed by atoms with E-state index in [1.54, 1.807) is 18.2 Å². The van der Waals surface area contributed by atoms with Crippen LogP contribution in [0.2, 0.25) is 0 Å².